The summed E-state index contributed by atoms with van der Waals surface area (Å²) in [5, 5.41) is 43.3. The highest BCUT2D eigenvalue weighted by Crippen LogP contribution is 2.26. The Morgan fingerprint density at radius 1 is 1.00 bits per heavy atom. The maximum absolute atomic E-state index is 10.3. The van der Waals surface area contributed by atoms with Crippen molar-refractivity contribution < 1.29 is 30.0 Å². The fraction of sp³-hybridized carbons (Fsp3) is 0.474. The van der Waals surface area contributed by atoms with Gasteiger partial charge in [0.15, 0.2) is 6.23 Å². The number of hydroxylamine groups is 2. The summed E-state index contributed by atoms with van der Waals surface area (Å²) >= 11 is 0. The zero-order valence-corrected chi connectivity index (χ0v) is 14.6. The highest BCUT2D eigenvalue weighted by atomic mass is 16.7. The normalized spacial score (nSPS) is 29.4. The third-order valence-corrected chi connectivity index (χ3v) is 4.60. The third-order valence-electron chi connectivity index (χ3n) is 4.60. The molecule has 2 unspecified atom stereocenters. The molecule has 1 aliphatic heterocycles. The standard InChI is InChI=1S/C19H25NO6/c1-2-25-20(19-18(24)17(23)16(22)15(11-21)26-19)10-12-7-8-13-5-3-4-6-14(13)9-12/h3-9,15-19,21-24H,2,10-11H2,1H3/t15?,16-,17+,18?,19-/m1/s1. The molecule has 1 fully saturated rings. The van der Waals surface area contributed by atoms with Crippen LogP contribution in [0.4, 0.5) is 0 Å². The van der Waals surface area contributed by atoms with E-state index in [0.29, 0.717) is 13.2 Å². The first-order valence-corrected chi connectivity index (χ1v) is 8.73. The molecule has 7 nitrogen and oxygen atoms in total. The van der Waals surface area contributed by atoms with E-state index in [-0.39, 0.29) is 0 Å². The second-order valence-electron chi connectivity index (χ2n) is 6.39. The molecule has 7 heteroatoms. The van der Waals surface area contributed by atoms with E-state index in [1.807, 2.05) is 42.5 Å². The zero-order chi connectivity index (χ0) is 18.7. The summed E-state index contributed by atoms with van der Waals surface area (Å²) in [5.74, 6) is 0. The molecule has 0 radical (unpaired) electrons. The van der Waals surface area contributed by atoms with E-state index in [4.69, 9.17) is 9.57 Å². The van der Waals surface area contributed by atoms with Crippen LogP contribution in [-0.4, -0.2) is 69.3 Å². The molecular weight excluding hydrogens is 338 g/mol. The Bertz CT molecular complexity index is 724. The number of hydrogen-bond donors (Lipinski definition) is 4. The number of aliphatic hydroxyl groups is 4. The average molecular weight is 363 g/mol. The van der Waals surface area contributed by atoms with E-state index in [1.54, 1.807) is 6.92 Å². The molecule has 0 amide bonds. The molecule has 5 atom stereocenters. The van der Waals surface area contributed by atoms with Crippen LogP contribution in [0.3, 0.4) is 0 Å². The highest BCUT2D eigenvalue weighted by Gasteiger charge is 2.46. The predicted octanol–water partition coefficient (Wildman–Crippen LogP) is 0.393. The van der Waals surface area contributed by atoms with Gasteiger partial charge in [0.25, 0.3) is 0 Å². The van der Waals surface area contributed by atoms with E-state index in [0.717, 1.165) is 16.3 Å². The Hall–Kier alpha value is -1.58. The van der Waals surface area contributed by atoms with Crippen molar-refractivity contribution in [3.8, 4) is 0 Å². The van der Waals surface area contributed by atoms with Gasteiger partial charge >= 0.3 is 0 Å². The van der Waals surface area contributed by atoms with E-state index in [9.17, 15) is 20.4 Å². The molecule has 0 aromatic heterocycles. The molecule has 2 aromatic rings. The van der Waals surface area contributed by atoms with Crippen molar-refractivity contribution in [1.29, 1.82) is 0 Å². The molecule has 26 heavy (non-hydrogen) atoms. The Morgan fingerprint density at radius 3 is 2.42 bits per heavy atom. The summed E-state index contributed by atoms with van der Waals surface area (Å²) in [5.41, 5.74) is 0.939. The Morgan fingerprint density at radius 2 is 1.73 bits per heavy atom. The minimum Gasteiger partial charge on any atom is -0.394 e. The monoisotopic (exact) mass is 363 g/mol. The van der Waals surface area contributed by atoms with Gasteiger partial charge in [-0.3, -0.25) is 4.84 Å². The van der Waals surface area contributed by atoms with E-state index in [1.165, 1.54) is 5.06 Å². The van der Waals surface area contributed by atoms with E-state index < -0.39 is 37.3 Å². The van der Waals surface area contributed by atoms with Crippen LogP contribution in [0.1, 0.15) is 12.5 Å². The largest absolute Gasteiger partial charge is 0.394 e. The van der Waals surface area contributed by atoms with Gasteiger partial charge in [0.2, 0.25) is 0 Å². The van der Waals surface area contributed by atoms with Crippen molar-refractivity contribution in [3.05, 3.63) is 48.0 Å². The molecule has 4 N–H and O–H groups in total. The van der Waals surface area contributed by atoms with Crippen molar-refractivity contribution in [2.75, 3.05) is 13.2 Å². The van der Waals surface area contributed by atoms with Gasteiger partial charge in [-0.25, -0.2) is 0 Å². The highest BCUT2D eigenvalue weighted by molar-refractivity contribution is 5.82. The molecule has 142 valence electrons. The average Bonchev–Trinajstić information content (AvgIpc) is 2.66. The molecule has 0 aliphatic carbocycles. The van der Waals surface area contributed by atoms with Crippen LogP contribution < -0.4 is 0 Å². The number of nitrogens with zero attached hydrogens (tertiary/aromatic N) is 1. The molecule has 1 aliphatic rings. The maximum Gasteiger partial charge on any atom is 0.162 e. The summed E-state index contributed by atoms with van der Waals surface area (Å²) in [6.07, 6.45) is -6.20. The lowest BCUT2D eigenvalue weighted by atomic mass is 9.98. The lowest BCUT2D eigenvalue weighted by molar-refractivity contribution is -0.337. The smallest absolute Gasteiger partial charge is 0.162 e. The molecule has 3 rings (SSSR count). The summed E-state index contributed by atoms with van der Waals surface area (Å²) in [7, 11) is 0. The van der Waals surface area contributed by atoms with Gasteiger partial charge in [-0.15, -0.1) is 0 Å². The summed E-state index contributed by atoms with van der Waals surface area (Å²) in [6, 6.07) is 14.0. The second kappa shape index (κ2) is 8.41. The maximum atomic E-state index is 10.3. The van der Waals surface area contributed by atoms with E-state index >= 15 is 0 Å². The lowest BCUT2D eigenvalue weighted by Crippen LogP contribution is -2.63. The van der Waals surface area contributed by atoms with Crippen LogP contribution >= 0.6 is 0 Å². The molecule has 0 spiro atoms. The van der Waals surface area contributed by atoms with Crippen molar-refractivity contribution >= 4 is 10.8 Å². The van der Waals surface area contributed by atoms with E-state index in [2.05, 4.69) is 0 Å². The molecule has 2 aromatic carbocycles. The topological polar surface area (TPSA) is 103 Å². The lowest BCUT2D eigenvalue weighted by Gasteiger charge is -2.43. The van der Waals surface area contributed by atoms with Gasteiger partial charge in [-0.2, -0.15) is 5.06 Å². The van der Waals surface area contributed by atoms with Gasteiger partial charge in [0, 0.05) is 0 Å². The van der Waals surface area contributed by atoms with Crippen LogP contribution in [0.25, 0.3) is 10.8 Å². The number of aliphatic hydroxyl groups excluding tert-OH is 4. The van der Waals surface area contributed by atoms with Crippen LogP contribution in [0.5, 0.6) is 0 Å². The Balaban J connectivity index is 1.83. The number of hydrogen-bond acceptors (Lipinski definition) is 7. The Kier molecular flexibility index (Phi) is 6.20. The predicted molar refractivity (Wildman–Crippen MR) is 94.9 cm³/mol. The van der Waals surface area contributed by atoms with Gasteiger partial charge < -0.3 is 25.2 Å². The summed E-state index contributed by atoms with van der Waals surface area (Å²) in [4.78, 5) is 5.62. The fourth-order valence-corrected chi connectivity index (χ4v) is 3.21. The number of rotatable bonds is 6. The van der Waals surface area contributed by atoms with Crippen molar-refractivity contribution in [1.82, 2.24) is 5.06 Å². The molecule has 0 saturated carbocycles. The minimum atomic E-state index is -1.44. The first-order valence-electron chi connectivity index (χ1n) is 8.73. The van der Waals surface area contributed by atoms with Crippen LogP contribution in [0, 0.1) is 0 Å². The quantitative estimate of drug-likeness (QED) is 0.551. The fourth-order valence-electron chi connectivity index (χ4n) is 3.21. The second-order valence-corrected chi connectivity index (χ2v) is 6.39. The van der Waals surface area contributed by atoms with Crippen LogP contribution in [0.2, 0.25) is 0 Å². The van der Waals surface area contributed by atoms with Crippen molar-refractivity contribution in [2.24, 2.45) is 0 Å². The Labute approximate surface area is 152 Å². The molecule has 1 saturated heterocycles. The first kappa shape index (κ1) is 19.2. The van der Waals surface area contributed by atoms with Crippen LogP contribution in [-0.2, 0) is 16.1 Å². The van der Waals surface area contributed by atoms with Crippen LogP contribution in [0.15, 0.2) is 42.5 Å². The SMILES string of the molecule is CCON(Cc1ccc2ccccc2c1)[C@@H]1OC(CO)[C@@H](O)[C@H](O)C1O. The minimum absolute atomic E-state index is 0.307. The van der Waals surface area contributed by atoms with Crippen molar-refractivity contribution in [3.63, 3.8) is 0 Å². The molecule has 0 bridgehead atoms. The zero-order valence-electron chi connectivity index (χ0n) is 14.6. The summed E-state index contributed by atoms with van der Waals surface area (Å²) in [6.45, 7) is 1.97. The van der Waals surface area contributed by atoms with Gasteiger partial charge in [-0.1, -0.05) is 36.4 Å². The molecule has 1 heterocycles. The number of benzene rings is 2. The summed E-state index contributed by atoms with van der Waals surface area (Å²) < 4.78 is 5.60. The number of ether oxygens (including phenoxy) is 1. The number of fused-ring (bicyclic) bond motifs is 1. The third kappa shape index (κ3) is 3.89. The van der Waals surface area contributed by atoms with Gasteiger partial charge in [0.1, 0.15) is 24.4 Å². The van der Waals surface area contributed by atoms with Gasteiger partial charge in [0.05, 0.1) is 19.8 Å². The van der Waals surface area contributed by atoms with Crippen molar-refractivity contribution in [2.45, 2.75) is 44.1 Å². The first-order chi connectivity index (χ1) is 12.5. The van der Waals surface area contributed by atoms with Gasteiger partial charge in [-0.05, 0) is 29.3 Å². The molecular formula is C19H25NO6.